The highest BCUT2D eigenvalue weighted by Crippen LogP contribution is 2.22. The van der Waals surface area contributed by atoms with E-state index in [1.807, 2.05) is 12.1 Å². The molecule has 1 rings (SSSR count). The molecule has 0 aromatic heterocycles. The summed E-state index contributed by atoms with van der Waals surface area (Å²) in [6, 6.07) is 6.03. The zero-order chi connectivity index (χ0) is 11.7. The molecule has 0 saturated carbocycles. The average molecular weight is 297 g/mol. The number of hydrogen-bond acceptors (Lipinski definition) is 1. The molecule has 0 fully saturated rings. The first-order chi connectivity index (χ1) is 7.24. The zero-order valence-electron chi connectivity index (χ0n) is 8.99. The van der Waals surface area contributed by atoms with E-state index in [1.54, 1.807) is 0 Å². The number of halogens is 3. The Morgan fingerprint density at radius 1 is 1.40 bits per heavy atom. The summed E-state index contributed by atoms with van der Waals surface area (Å²) in [6.07, 6.45) is 1.16. The van der Waals surface area contributed by atoms with Crippen molar-refractivity contribution < 1.29 is 4.39 Å². The fourth-order valence-corrected chi connectivity index (χ4v) is 1.51. The first-order valence-electron chi connectivity index (χ1n) is 4.76. The van der Waals surface area contributed by atoms with Crippen molar-refractivity contribution in [2.24, 2.45) is 0 Å². The summed E-state index contributed by atoms with van der Waals surface area (Å²) in [7, 11) is 0.500. The zero-order valence-corrected chi connectivity index (χ0v) is 11.3. The molecule has 0 spiro atoms. The Bertz CT molecular complexity index is 281. The van der Waals surface area contributed by atoms with E-state index >= 15 is 0 Å². The highest BCUT2D eigenvalue weighted by Gasteiger charge is 1.97. The Morgan fingerprint density at radius 2 is 2.07 bits per heavy atom. The predicted molar refractivity (Wildman–Crippen MR) is 68.2 cm³/mol. The van der Waals surface area contributed by atoms with Crippen molar-refractivity contribution in [3.8, 4) is 0 Å². The summed E-state index contributed by atoms with van der Waals surface area (Å²) >= 11 is 9.31. The molecule has 4 heteroatoms. The summed E-state index contributed by atoms with van der Waals surface area (Å²) in [5.74, 6) is 0. The lowest BCUT2D eigenvalue weighted by molar-refractivity contribution is 0.636. The smallest absolute Gasteiger partial charge is 0.0785 e. The maximum absolute atomic E-state index is 9.50. The monoisotopic (exact) mass is 295 g/mol. The van der Waals surface area contributed by atoms with Gasteiger partial charge in [-0.2, -0.15) is 0 Å². The fourth-order valence-electron chi connectivity index (χ4n) is 1.06. The molecule has 0 heterocycles. The number of rotatable bonds is 4. The fraction of sp³-hybridized carbons (Fsp3) is 0.455. The van der Waals surface area contributed by atoms with Gasteiger partial charge in [-0.15, -0.1) is 0 Å². The van der Waals surface area contributed by atoms with Crippen LogP contribution in [-0.4, -0.2) is 13.7 Å². The largest absolute Gasteiger partial charge is 0.313 e. The third kappa shape index (κ3) is 6.13. The van der Waals surface area contributed by atoms with Crippen LogP contribution in [0.25, 0.3) is 0 Å². The quantitative estimate of drug-likeness (QED) is 0.822. The Hall–Kier alpha value is -0.120. The lowest BCUT2D eigenvalue weighted by Gasteiger charge is -2.04. The van der Waals surface area contributed by atoms with Gasteiger partial charge in [-0.25, -0.2) is 0 Å². The van der Waals surface area contributed by atoms with E-state index in [9.17, 15) is 4.39 Å². The van der Waals surface area contributed by atoms with Crippen LogP contribution in [0.4, 0.5) is 4.39 Å². The van der Waals surface area contributed by atoms with Gasteiger partial charge in [-0.05, 0) is 46.6 Å². The molecule has 0 unspecified atom stereocenters. The van der Waals surface area contributed by atoms with Crippen molar-refractivity contribution in [1.82, 2.24) is 5.32 Å². The average Bonchev–Trinajstić information content (AvgIpc) is 2.27. The number of nitrogens with one attached hydrogen (secondary N) is 1. The molecule has 0 atom stereocenters. The molecule has 0 bridgehead atoms. The Balaban J connectivity index is 0.000000921. The molecule has 15 heavy (non-hydrogen) atoms. The molecule has 1 aromatic rings. The van der Waals surface area contributed by atoms with Gasteiger partial charge in [0.1, 0.15) is 0 Å². The molecule has 0 radical (unpaired) electrons. The van der Waals surface area contributed by atoms with Crippen LogP contribution < -0.4 is 5.32 Å². The Morgan fingerprint density at radius 3 is 2.60 bits per heavy atom. The second-order valence-corrected chi connectivity index (χ2v) is 4.19. The summed E-state index contributed by atoms with van der Waals surface area (Å²) < 4.78 is 10.5. The molecule has 0 aliphatic heterocycles. The van der Waals surface area contributed by atoms with Crippen molar-refractivity contribution in [1.29, 1.82) is 0 Å². The van der Waals surface area contributed by atoms with Gasteiger partial charge in [0.15, 0.2) is 0 Å². The summed E-state index contributed by atoms with van der Waals surface area (Å²) in [4.78, 5) is 0. The van der Waals surface area contributed by atoms with Crippen molar-refractivity contribution in [2.45, 2.75) is 19.9 Å². The molecule has 1 aromatic carbocycles. The molecule has 1 N–H and O–H groups in total. The first kappa shape index (κ1) is 14.9. The molecule has 0 aliphatic carbocycles. The highest BCUT2D eigenvalue weighted by atomic mass is 79.9. The van der Waals surface area contributed by atoms with Crippen molar-refractivity contribution in [3.63, 3.8) is 0 Å². The molecular weight excluding hydrogens is 280 g/mol. The van der Waals surface area contributed by atoms with Crippen LogP contribution in [0.3, 0.4) is 0 Å². The second-order valence-electron chi connectivity index (χ2n) is 2.93. The Kier molecular flexibility index (Phi) is 9.06. The summed E-state index contributed by atoms with van der Waals surface area (Å²) in [5.41, 5.74) is 1.22. The minimum atomic E-state index is 0.500. The third-order valence-corrected chi connectivity index (χ3v) is 2.97. The van der Waals surface area contributed by atoms with Crippen LogP contribution in [0.5, 0.6) is 0 Å². The van der Waals surface area contributed by atoms with Gasteiger partial charge in [0.25, 0.3) is 0 Å². The van der Waals surface area contributed by atoms with E-state index in [0.717, 1.165) is 29.0 Å². The summed E-state index contributed by atoms with van der Waals surface area (Å²) in [6.45, 7) is 4.09. The van der Waals surface area contributed by atoms with E-state index in [1.165, 1.54) is 5.56 Å². The molecule has 0 aliphatic rings. The van der Waals surface area contributed by atoms with Crippen LogP contribution in [0, 0.1) is 0 Å². The normalized spacial score (nSPS) is 9.40. The lowest BCUT2D eigenvalue weighted by Crippen LogP contribution is -2.13. The molecule has 0 saturated heterocycles. The third-order valence-electron chi connectivity index (χ3n) is 1.74. The number of alkyl halides is 1. The van der Waals surface area contributed by atoms with Crippen LogP contribution >= 0.6 is 27.5 Å². The van der Waals surface area contributed by atoms with Crippen LogP contribution in [0.2, 0.25) is 5.02 Å². The maximum Gasteiger partial charge on any atom is 0.0785 e. The number of benzene rings is 1. The molecular formula is C11H16BrClFN. The predicted octanol–water partition coefficient (Wildman–Crippen LogP) is 4.19. The van der Waals surface area contributed by atoms with Crippen molar-refractivity contribution >= 4 is 27.5 Å². The van der Waals surface area contributed by atoms with Gasteiger partial charge in [0.05, 0.1) is 12.2 Å². The minimum absolute atomic E-state index is 0.500. The highest BCUT2D eigenvalue weighted by molar-refractivity contribution is 9.10. The SMILES string of the molecule is CCCNCc1ccc(Br)c(Cl)c1.CF. The Labute approximate surface area is 104 Å². The van der Waals surface area contributed by atoms with Crippen LogP contribution in [0.1, 0.15) is 18.9 Å². The van der Waals surface area contributed by atoms with Crippen molar-refractivity contribution in [2.75, 3.05) is 13.7 Å². The topological polar surface area (TPSA) is 12.0 Å². The lowest BCUT2D eigenvalue weighted by atomic mass is 10.2. The first-order valence-corrected chi connectivity index (χ1v) is 5.93. The van der Waals surface area contributed by atoms with E-state index in [-0.39, 0.29) is 0 Å². The maximum atomic E-state index is 9.50. The van der Waals surface area contributed by atoms with E-state index < -0.39 is 0 Å². The second kappa shape index (κ2) is 9.13. The van der Waals surface area contributed by atoms with Crippen LogP contribution in [0.15, 0.2) is 22.7 Å². The van der Waals surface area contributed by atoms with E-state index in [2.05, 4.69) is 34.2 Å². The van der Waals surface area contributed by atoms with Gasteiger partial charge in [0.2, 0.25) is 0 Å². The number of hydrogen-bond donors (Lipinski definition) is 1. The standard InChI is InChI=1S/C10H13BrClN.CH3F/c1-2-5-13-7-8-3-4-9(11)10(12)6-8;1-2/h3-4,6,13H,2,5,7H2,1H3;1H3. The molecule has 86 valence electrons. The van der Waals surface area contributed by atoms with Crippen LogP contribution in [-0.2, 0) is 6.54 Å². The van der Waals surface area contributed by atoms with E-state index in [4.69, 9.17) is 11.6 Å². The molecule has 0 amide bonds. The van der Waals surface area contributed by atoms with Gasteiger partial charge in [0, 0.05) is 11.0 Å². The van der Waals surface area contributed by atoms with Gasteiger partial charge in [-0.3, -0.25) is 4.39 Å². The van der Waals surface area contributed by atoms with Gasteiger partial charge < -0.3 is 5.32 Å². The van der Waals surface area contributed by atoms with Gasteiger partial charge in [-0.1, -0.05) is 24.6 Å². The minimum Gasteiger partial charge on any atom is -0.313 e. The molecule has 1 nitrogen and oxygen atoms in total. The van der Waals surface area contributed by atoms with E-state index in [0.29, 0.717) is 7.18 Å². The van der Waals surface area contributed by atoms with Crippen molar-refractivity contribution in [3.05, 3.63) is 33.3 Å². The van der Waals surface area contributed by atoms with Gasteiger partial charge >= 0.3 is 0 Å². The summed E-state index contributed by atoms with van der Waals surface area (Å²) in [5, 5.41) is 4.10.